The van der Waals surface area contributed by atoms with Crippen LogP contribution in [0.2, 0.25) is 10.0 Å². The summed E-state index contributed by atoms with van der Waals surface area (Å²) < 4.78 is 0. The second-order valence-electron chi connectivity index (χ2n) is 5.97. The average molecular weight is 300 g/mol. The van der Waals surface area contributed by atoms with Crippen molar-refractivity contribution in [3.63, 3.8) is 0 Å². The van der Waals surface area contributed by atoms with Crippen LogP contribution in [0.25, 0.3) is 0 Å². The molecule has 2 rings (SSSR count). The van der Waals surface area contributed by atoms with Crippen LogP contribution in [-0.4, -0.2) is 11.9 Å². The van der Waals surface area contributed by atoms with Gasteiger partial charge in [0.2, 0.25) is 5.91 Å². The minimum absolute atomic E-state index is 0.0965. The molecule has 0 radical (unpaired) electrons. The third-order valence-corrected chi connectivity index (χ3v) is 4.43. The van der Waals surface area contributed by atoms with Crippen molar-refractivity contribution in [3.8, 4) is 0 Å². The summed E-state index contributed by atoms with van der Waals surface area (Å²) in [4.78, 5) is 11.8. The molecule has 2 atom stereocenters. The Hall–Kier alpha value is -0.730. The van der Waals surface area contributed by atoms with Gasteiger partial charge in [0.15, 0.2) is 0 Å². The molecule has 4 heteroatoms. The van der Waals surface area contributed by atoms with E-state index in [2.05, 4.69) is 26.1 Å². The Morgan fingerprint density at radius 1 is 1.42 bits per heavy atom. The summed E-state index contributed by atoms with van der Waals surface area (Å²) in [6.07, 6.45) is 1.42. The third kappa shape index (κ3) is 2.90. The van der Waals surface area contributed by atoms with Crippen molar-refractivity contribution in [2.45, 2.75) is 45.1 Å². The summed E-state index contributed by atoms with van der Waals surface area (Å²) in [6, 6.07) is 5.65. The molecular formula is C15H19Cl2NO. The van der Waals surface area contributed by atoms with Crippen molar-refractivity contribution in [2.24, 2.45) is 5.92 Å². The van der Waals surface area contributed by atoms with Crippen LogP contribution in [0.15, 0.2) is 18.2 Å². The van der Waals surface area contributed by atoms with E-state index in [9.17, 15) is 4.79 Å². The Bertz CT molecular complexity index is 501. The molecule has 0 aromatic heterocycles. The molecule has 1 aliphatic rings. The summed E-state index contributed by atoms with van der Waals surface area (Å²) in [5, 5.41) is 4.35. The Balaban J connectivity index is 2.40. The Labute approximate surface area is 124 Å². The molecule has 0 bridgehead atoms. The van der Waals surface area contributed by atoms with Crippen LogP contribution in [0.1, 0.15) is 39.2 Å². The zero-order valence-electron chi connectivity index (χ0n) is 11.5. The number of rotatable bonds is 3. The van der Waals surface area contributed by atoms with Crippen LogP contribution in [0, 0.1) is 5.92 Å². The normalized spacial score (nSPS) is 26.8. The van der Waals surface area contributed by atoms with E-state index in [1.54, 1.807) is 6.07 Å². The second-order valence-corrected chi connectivity index (χ2v) is 6.81. The quantitative estimate of drug-likeness (QED) is 0.891. The van der Waals surface area contributed by atoms with Gasteiger partial charge in [-0.25, -0.2) is 0 Å². The van der Waals surface area contributed by atoms with Gasteiger partial charge in [-0.1, -0.05) is 50.0 Å². The van der Waals surface area contributed by atoms with E-state index in [4.69, 9.17) is 23.2 Å². The number of carbonyl (C=O) groups excluding carboxylic acids is 1. The zero-order chi connectivity index (χ0) is 14.2. The molecule has 0 spiro atoms. The molecule has 1 fully saturated rings. The molecule has 1 N–H and O–H groups in total. The SMILES string of the molecule is CC(C)CC1NC(=O)CC1(C)c1ccc(Cl)cc1Cl. The van der Waals surface area contributed by atoms with Crippen LogP contribution in [0.4, 0.5) is 0 Å². The van der Waals surface area contributed by atoms with Gasteiger partial charge in [0.25, 0.3) is 0 Å². The number of hydrogen-bond donors (Lipinski definition) is 1. The summed E-state index contributed by atoms with van der Waals surface area (Å²) in [5.41, 5.74) is 0.741. The second kappa shape index (κ2) is 5.34. The molecule has 1 aromatic rings. The molecule has 1 amide bonds. The molecule has 2 unspecified atom stereocenters. The number of carbonyl (C=O) groups is 1. The van der Waals surface area contributed by atoms with Gasteiger partial charge >= 0.3 is 0 Å². The van der Waals surface area contributed by atoms with E-state index in [0.29, 0.717) is 22.4 Å². The van der Waals surface area contributed by atoms with Crippen molar-refractivity contribution in [1.82, 2.24) is 5.32 Å². The first-order valence-electron chi connectivity index (χ1n) is 6.58. The van der Waals surface area contributed by atoms with Gasteiger partial charge in [-0.3, -0.25) is 4.79 Å². The fourth-order valence-electron chi connectivity index (χ4n) is 2.89. The van der Waals surface area contributed by atoms with Gasteiger partial charge in [0.1, 0.15) is 0 Å². The maximum absolute atomic E-state index is 11.8. The van der Waals surface area contributed by atoms with Crippen LogP contribution >= 0.6 is 23.2 Å². The van der Waals surface area contributed by atoms with Crippen molar-refractivity contribution in [2.75, 3.05) is 0 Å². The minimum Gasteiger partial charge on any atom is -0.352 e. The fraction of sp³-hybridized carbons (Fsp3) is 0.533. The van der Waals surface area contributed by atoms with Gasteiger partial charge in [0, 0.05) is 27.9 Å². The van der Waals surface area contributed by atoms with Crippen LogP contribution in [0.3, 0.4) is 0 Å². The molecule has 1 heterocycles. The van der Waals surface area contributed by atoms with Crippen LogP contribution in [-0.2, 0) is 10.2 Å². The van der Waals surface area contributed by atoms with Crippen molar-refractivity contribution < 1.29 is 4.79 Å². The van der Waals surface area contributed by atoms with Crippen LogP contribution in [0.5, 0.6) is 0 Å². The molecule has 1 aromatic carbocycles. The molecule has 19 heavy (non-hydrogen) atoms. The Morgan fingerprint density at radius 3 is 2.68 bits per heavy atom. The Morgan fingerprint density at radius 2 is 2.11 bits per heavy atom. The lowest BCUT2D eigenvalue weighted by molar-refractivity contribution is -0.119. The standard InChI is InChI=1S/C15H19Cl2NO/c1-9(2)6-13-15(3,8-14(19)18-13)11-5-4-10(16)7-12(11)17/h4-5,7,9,13H,6,8H2,1-3H3,(H,18,19). The van der Waals surface area contributed by atoms with Crippen molar-refractivity contribution >= 4 is 29.1 Å². The predicted molar refractivity (Wildman–Crippen MR) is 79.8 cm³/mol. The van der Waals surface area contributed by atoms with E-state index < -0.39 is 0 Å². The smallest absolute Gasteiger partial charge is 0.221 e. The molecular weight excluding hydrogens is 281 g/mol. The summed E-state index contributed by atoms with van der Waals surface area (Å²) >= 11 is 12.3. The lowest BCUT2D eigenvalue weighted by atomic mass is 9.73. The highest BCUT2D eigenvalue weighted by Gasteiger charge is 2.45. The number of halogens is 2. The summed E-state index contributed by atoms with van der Waals surface area (Å²) in [6.45, 7) is 6.43. The molecule has 2 nitrogen and oxygen atoms in total. The number of amides is 1. The third-order valence-electron chi connectivity index (χ3n) is 3.89. The van der Waals surface area contributed by atoms with Gasteiger partial charge in [-0.2, -0.15) is 0 Å². The summed E-state index contributed by atoms with van der Waals surface area (Å²) in [5.74, 6) is 0.618. The maximum atomic E-state index is 11.8. The topological polar surface area (TPSA) is 29.1 Å². The number of benzene rings is 1. The van der Waals surface area contributed by atoms with Crippen LogP contribution < -0.4 is 5.32 Å². The minimum atomic E-state index is -0.261. The molecule has 1 saturated heterocycles. The molecule has 0 aliphatic carbocycles. The highest BCUT2D eigenvalue weighted by molar-refractivity contribution is 6.35. The van der Waals surface area contributed by atoms with Gasteiger partial charge in [0.05, 0.1) is 0 Å². The average Bonchev–Trinajstić information content (AvgIpc) is 2.53. The van der Waals surface area contributed by atoms with Gasteiger partial charge in [-0.05, 0) is 30.0 Å². The molecule has 0 saturated carbocycles. The lowest BCUT2D eigenvalue weighted by Crippen LogP contribution is -2.39. The first kappa shape index (κ1) is 14.7. The largest absolute Gasteiger partial charge is 0.352 e. The van der Waals surface area contributed by atoms with E-state index in [-0.39, 0.29) is 17.4 Å². The number of nitrogens with one attached hydrogen (secondary N) is 1. The first-order valence-corrected chi connectivity index (χ1v) is 7.33. The lowest BCUT2D eigenvalue weighted by Gasteiger charge is -2.32. The highest BCUT2D eigenvalue weighted by atomic mass is 35.5. The van der Waals surface area contributed by atoms with Crippen molar-refractivity contribution in [3.05, 3.63) is 33.8 Å². The fourth-order valence-corrected chi connectivity index (χ4v) is 3.51. The van der Waals surface area contributed by atoms with E-state index in [1.807, 2.05) is 12.1 Å². The summed E-state index contributed by atoms with van der Waals surface area (Å²) in [7, 11) is 0. The van der Waals surface area contributed by atoms with E-state index in [1.165, 1.54) is 0 Å². The molecule has 1 aliphatic heterocycles. The van der Waals surface area contributed by atoms with E-state index in [0.717, 1.165) is 12.0 Å². The number of hydrogen-bond acceptors (Lipinski definition) is 1. The zero-order valence-corrected chi connectivity index (χ0v) is 13.0. The van der Waals surface area contributed by atoms with Gasteiger partial charge in [-0.15, -0.1) is 0 Å². The monoisotopic (exact) mass is 299 g/mol. The molecule has 104 valence electrons. The maximum Gasteiger partial charge on any atom is 0.221 e. The Kier molecular flexibility index (Phi) is 4.12. The predicted octanol–water partition coefficient (Wildman–Crippen LogP) is 4.19. The first-order chi connectivity index (χ1) is 8.83. The van der Waals surface area contributed by atoms with Gasteiger partial charge < -0.3 is 5.32 Å². The van der Waals surface area contributed by atoms with Crippen molar-refractivity contribution in [1.29, 1.82) is 0 Å². The highest BCUT2D eigenvalue weighted by Crippen LogP contribution is 2.42. The van der Waals surface area contributed by atoms with E-state index >= 15 is 0 Å².